The van der Waals surface area contributed by atoms with Crippen molar-refractivity contribution in [1.29, 1.82) is 0 Å². The van der Waals surface area contributed by atoms with Crippen LogP contribution in [0.25, 0.3) is 0 Å². The second kappa shape index (κ2) is 3.48. The standard InChI is InChI=1S/C15H13NO2/c1-9-14-12-8-11(2-3-13(12)18-15(9)14)17-10-4-6-16-7-5-10/h2-9,14-15H,1H3/t9-,14+,15+/m0/s1. The van der Waals surface area contributed by atoms with Crippen LogP contribution < -0.4 is 9.47 Å². The summed E-state index contributed by atoms with van der Waals surface area (Å²) in [6.45, 7) is 2.23. The van der Waals surface area contributed by atoms with E-state index in [0.717, 1.165) is 17.2 Å². The Balaban J connectivity index is 1.64. The van der Waals surface area contributed by atoms with Gasteiger partial charge in [0.15, 0.2) is 0 Å². The van der Waals surface area contributed by atoms with E-state index in [1.807, 2.05) is 24.3 Å². The molecule has 0 amide bonds. The molecule has 1 aliphatic carbocycles. The third kappa shape index (κ3) is 1.40. The summed E-state index contributed by atoms with van der Waals surface area (Å²) in [6, 6.07) is 9.77. The van der Waals surface area contributed by atoms with Gasteiger partial charge in [-0.25, -0.2) is 0 Å². The molecule has 1 aliphatic heterocycles. The van der Waals surface area contributed by atoms with Crippen LogP contribution in [0.15, 0.2) is 42.7 Å². The summed E-state index contributed by atoms with van der Waals surface area (Å²) in [6.07, 6.45) is 3.85. The first kappa shape index (κ1) is 9.95. The van der Waals surface area contributed by atoms with Gasteiger partial charge in [-0.2, -0.15) is 0 Å². The van der Waals surface area contributed by atoms with Crippen molar-refractivity contribution < 1.29 is 9.47 Å². The molecule has 0 saturated heterocycles. The fourth-order valence-corrected chi connectivity index (χ4v) is 2.71. The molecule has 0 spiro atoms. The van der Waals surface area contributed by atoms with Crippen LogP contribution in [-0.4, -0.2) is 11.1 Å². The molecule has 18 heavy (non-hydrogen) atoms. The largest absolute Gasteiger partial charge is 0.489 e. The lowest BCUT2D eigenvalue weighted by Gasteiger charge is -2.09. The van der Waals surface area contributed by atoms with Gasteiger partial charge in [-0.15, -0.1) is 0 Å². The number of pyridine rings is 1. The van der Waals surface area contributed by atoms with E-state index in [-0.39, 0.29) is 0 Å². The van der Waals surface area contributed by atoms with Gasteiger partial charge >= 0.3 is 0 Å². The molecule has 0 radical (unpaired) electrons. The SMILES string of the molecule is C[C@@H]1[C@H]2Oc3ccc(Oc4ccncc4)cc3[C@@H]12. The van der Waals surface area contributed by atoms with Crippen LogP contribution in [0.1, 0.15) is 18.4 Å². The fraction of sp³-hybridized carbons (Fsp3) is 0.267. The molecule has 4 rings (SSSR count). The van der Waals surface area contributed by atoms with Gasteiger partial charge in [0.05, 0.1) is 0 Å². The van der Waals surface area contributed by atoms with E-state index < -0.39 is 0 Å². The van der Waals surface area contributed by atoms with Gasteiger partial charge in [0.1, 0.15) is 23.4 Å². The van der Waals surface area contributed by atoms with E-state index in [4.69, 9.17) is 9.47 Å². The first-order chi connectivity index (χ1) is 8.83. The molecule has 1 aromatic heterocycles. The molecular formula is C15H13NO2. The molecule has 2 aromatic rings. The average Bonchev–Trinajstić information content (AvgIpc) is 2.85. The van der Waals surface area contributed by atoms with Crippen molar-refractivity contribution in [2.45, 2.75) is 18.9 Å². The van der Waals surface area contributed by atoms with Gasteiger partial charge in [0.25, 0.3) is 0 Å². The Bertz CT molecular complexity index is 597. The second-order valence-electron chi connectivity index (χ2n) is 4.95. The molecule has 2 aliphatic rings. The van der Waals surface area contributed by atoms with E-state index >= 15 is 0 Å². The molecule has 1 aromatic carbocycles. The predicted molar refractivity (Wildman–Crippen MR) is 67.1 cm³/mol. The minimum atomic E-state index is 0.399. The van der Waals surface area contributed by atoms with E-state index in [1.54, 1.807) is 12.4 Å². The molecule has 0 N–H and O–H groups in total. The van der Waals surface area contributed by atoms with Crippen molar-refractivity contribution in [2.24, 2.45) is 5.92 Å². The van der Waals surface area contributed by atoms with Gasteiger partial charge in [0.2, 0.25) is 0 Å². The van der Waals surface area contributed by atoms with Crippen molar-refractivity contribution in [3.8, 4) is 17.2 Å². The van der Waals surface area contributed by atoms with Crippen molar-refractivity contribution in [2.75, 3.05) is 0 Å². The van der Waals surface area contributed by atoms with E-state index in [0.29, 0.717) is 17.9 Å². The first-order valence-electron chi connectivity index (χ1n) is 6.21. The maximum absolute atomic E-state index is 5.83. The van der Waals surface area contributed by atoms with Crippen LogP contribution in [0, 0.1) is 5.92 Å². The Morgan fingerprint density at radius 3 is 2.78 bits per heavy atom. The zero-order valence-corrected chi connectivity index (χ0v) is 10.0. The molecule has 2 heterocycles. The molecule has 1 saturated carbocycles. The lowest BCUT2D eigenvalue weighted by molar-refractivity contribution is 0.300. The third-order valence-corrected chi connectivity index (χ3v) is 3.79. The smallest absolute Gasteiger partial charge is 0.130 e. The number of hydrogen-bond acceptors (Lipinski definition) is 3. The Morgan fingerprint density at radius 1 is 1.11 bits per heavy atom. The molecule has 0 bridgehead atoms. The van der Waals surface area contributed by atoms with Crippen molar-refractivity contribution in [3.63, 3.8) is 0 Å². The monoisotopic (exact) mass is 239 g/mol. The molecule has 1 fully saturated rings. The van der Waals surface area contributed by atoms with Crippen molar-refractivity contribution in [1.82, 2.24) is 4.98 Å². The molecular weight excluding hydrogens is 226 g/mol. The quantitative estimate of drug-likeness (QED) is 0.805. The van der Waals surface area contributed by atoms with Gasteiger partial charge in [-0.3, -0.25) is 4.98 Å². The highest BCUT2D eigenvalue weighted by molar-refractivity contribution is 5.51. The zero-order valence-electron chi connectivity index (χ0n) is 10.0. The lowest BCUT2D eigenvalue weighted by atomic mass is 10.1. The maximum atomic E-state index is 5.83. The lowest BCUT2D eigenvalue weighted by Crippen LogP contribution is -1.96. The number of benzene rings is 1. The van der Waals surface area contributed by atoms with Gasteiger partial charge in [-0.1, -0.05) is 6.92 Å². The minimum absolute atomic E-state index is 0.399. The van der Waals surface area contributed by atoms with E-state index in [1.165, 1.54) is 5.56 Å². The maximum Gasteiger partial charge on any atom is 0.130 e. The Hall–Kier alpha value is -2.03. The van der Waals surface area contributed by atoms with Crippen LogP contribution in [0.4, 0.5) is 0 Å². The van der Waals surface area contributed by atoms with Crippen LogP contribution in [0.3, 0.4) is 0 Å². The number of hydrogen-bond donors (Lipinski definition) is 0. The van der Waals surface area contributed by atoms with E-state index in [2.05, 4.69) is 18.0 Å². The summed E-state index contributed by atoms with van der Waals surface area (Å²) < 4.78 is 11.6. The number of fused-ring (bicyclic) bond motifs is 3. The molecule has 0 unspecified atom stereocenters. The summed E-state index contributed by atoms with van der Waals surface area (Å²) in [5, 5.41) is 0. The highest BCUT2D eigenvalue weighted by Gasteiger charge is 2.55. The Labute approximate surface area is 105 Å². The number of rotatable bonds is 2. The molecule has 3 heteroatoms. The first-order valence-corrected chi connectivity index (χ1v) is 6.21. The van der Waals surface area contributed by atoms with Crippen molar-refractivity contribution >= 4 is 0 Å². The number of aromatic nitrogens is 1. The molecule has 3 nitrogen and oxygen atoms in total. The zero-order chi connectivity index (χ0) is 12.1. The topological polar surface area (TPSA) is 31.4 Å². The van der Waals surface area contributed by atoms with Crippen molar-refractivity contribution in [3.05, 3.63) is 48.3 Å². The minimum Gasteiger partial charge on any atom is -0.489 e. The van der Waals surface area contributed by atoms with Crippen LogP contribution in [0.2, 0.25) is 0 Å². The van der Waals surface area contributed by atoms with Crippen LogP contribution >= 0.6 is 0 Å². The summed E-state index contributed by atoms with van der Waals surface area (Å²) in [4.78, 5) is 3.97. The molecule has 90 valence electrons. The Morgan fingerprint density at radius 2 is 1.94 bits per heavy atom. The normalized spacial score (nSPS) is 27.1. The van der Waals surface area contributed by atoms with Crippen LogP contribution in [-0.2, 0) is 0 Å². The second-order valence-corrected chi connectivity index (χ2v) is 4.95. The highest BCUT2D eigenvalue weighted by atomic mass is 16.5. The van der Waals surface area contributed by atoms with Crippen LogP contribution in [0.5, 0.6) is 17.2 Å². The summed E-state index contributed by atoms with van der Waals surface area (Å²) in [7, 11) is 0. The van der Waals surface area contributed by atoms with Gasteiger partial charge in [-0.05, 0) is 30.3 Å². The molecule has 3 atom stereocenters. The number of nitrogens with zero attached hydrogens (tertiary/aromatic N) is 1. The average molecular weight is 239 g/mol. The summed E-state index contributed by atoms with van der Waals surface area (Å²) in [5.41, 5.74) is 1.29. The highest BCUT2D eigenvalue weighted by Crippen LogP contribution is 2.58. The predicted octanol–water partition coefficient (Wildman–Crippen LogP) is 3.37. The van der Waals surface area contributed by atoms with E-state index in [9.17, 15) is 0 Å². The van der Waals surface area contributed by atoms with Gasteiger partial charge in [0, 0.05) is 29.8 Å². The third-order valence-electron chi connectivity index (χ3n) is 3.79. The number of ether oxygens (including phenoxy) is 2. The van der Waals surface area contributed by atoms with Gasteiger partial charge < -0.3 is 9.47 Å². The Kier molecular flexibility index (Phi) is 1.92. The fourth-order valence-electron chi connectivity index (χ4n) is 2.71. The summed E-state index contributed by atoms with van der Waals surface area (Å²) in [5.74, 6) is 3.91. The summed E-state index contributed by atoms with van der Waals surface area (Å²) >= 11 is 0.